The van der Waals surface area contributed by atoms with Crippen LogP contribution in [0.5, 0.6) is 0 Å². The van der Waals surface area contributed by atoms with Crippen LogP contribution < -0.4 is 11.1 Å². The molecule has 20 heavy (non-hydrogen) atoms. The molecule has 0 saturated heterocycles. The Hall–Kier alpha value is -2.17. The van der Waals surface area contributed by atoms with Crippen molar-refractivity contribution in [3.05, 3.63) is 41.5 Å². The molecule has 0 fully saturated rings. The Kier molecular flexibility index (Phi) is 4.17. The molecule has 1 atom stereocenters. The lowest BCUT2D eigenvalue weighted by Gasteiger charge is -2.18. The van der Waals surface area contributed by atoms with Crippen molar-refractivity contribution in [3.63, 3.8) is 0 Å². The predicted octanol–water partition coefficient (Wildman–Crippen LogP) is 3.06. The topological polar surface area (TPSA) is 76.7 Å². The van der Waals surface area contributed by atoms with Gasteiger partial charge in [-0.2, -0.15) is 0 Å². The third kappa shape index (κ3) is 3.04. The summed E-state index contributed by atoms with van der Waals surface area (Å²) in [7, 11) is 0. The molecule has 0 amide bonds. The maximum Gasteiger partial charge on any atom is 0.135 e. The van der Waals surface area contributed by atoms with Gasteiger partial charge in [0.25, 0.3) is 0 Å². The summed E-state index contributed by atoms with van der Waals surface area (Å²) in [5.41, 5.74) is 7.96. The largest absolute Gasteiger partial charge is 0.383 e. The highest BCUT2D eigenvalue weighted by molar-refractivity contribution is 5.55. The summed E-state index contributed by atoms with van der Waals surface area (Å²) < 4.78 is 0. The van der Waals surface area contributed by atoms with Gasteiger partial charge in [0, 0.05) is 23.9 Å². The minimum atomic E-state index is 0.108. The first kappa shape index (κ1) is 14.2. The van der Waals surface area contributed by atoms with Crippen molar-refractivity contribution in [2.75, 3.05) is 11.1 Å². The minimum Gasteiger partial charge on any atom is -0.383 e. The van der Waals surface area contributed by atoms with Crippen LogP contribution in [0.1, 0.15) is 49.7 Å². The number of nitrogens with one attached hydrogen (secondary N) is 1. The van der Waals surface area contributed by atoms with Crippen molar-refractivity contribution in [2.24, 2.45) is 0 Å². The number of nitrogens with two attached hydrogens (primary N) is 1. The van der Waals surface area contributed by atoms with Crippen molar-refractivity contribution >= 4 is 11.6 Å². The molecular weight excluding hydrogens is 250 g/mol. The summed E-state index contributed by atoms with van der Waals surface area (Å²) in [6, 6.07) is 4.07. The standard InChI is InChI=1S/C15H21N5/c1-9(2)14-19-13(16)10(3)15(20-14)18-11(4)12-6-5-7-17-8-12/h5-9,11H,1-4H3,(H3,16,18,19,20). The lowest BCUT2D eigenvalue weighted by atomic mass is 10.1. The average molecular weight is 271 g/mol. The van der Waals surface area contributed by atoms with Gasteiger partial charge >= 0.3 is 0 Å². The summed E-state index contributed by atoms with van der Waals surface area (Å²) in [4.78, 5) is 13.0. The summed E-state index contributed by atoms with van der Waals surface area (Å²) >= 11 is 0. The van der Waals surface area contributed by atoms with Crippen molar-refractivity contribution in [3.8, 4) is 0 Å². The second kappa shape index (κ2) is 5.86. The first-order chi connectivity index (χ1) is 9.49. The average Bonchev–Trinajstić information content (AvgIpc) is 2.44. The van der Waals surface area contributed by atoms with E-state index in [1.807, 2.05) is 25.3 Å². The Labute approximate surface area is 119 Å². The molecule has 1 unspecified atom stereocenters. The summed E-state index contributed by atoms with van der Waals surface area (Å²) in [5.74, 6) is 2.32. The molecule has 0 aliphatic rings. The molecule has 0 bridgehead atoms. The number of anilines is 2. The molecule has 0 aliphatic carbocycles. The van der Waals surface area contributed by atoms with Gasteiger partial charge < -0.3 is 11.1 Å². The maximum atomic E-state index is 5.97. The van der Waals surface area contributed by atoms with Gasteiger partial charge in [0.2, 0.25) is 0 Å². The van der Waals surface area contributed by atoms with Crippen LogP contribution in [0, 0.1) is 6.92 Å². The van der Waals surface area contributed by atoms with E-state index in [1.165, 1.54) is 0 Å². The fourth-order valence-electron chi connectivity index (χ4n) is 1.87. The number of hydrogen-bond donors (Lipinski definition) is 2. The van der Waals surface area contributed by atoms with Gasteiger partial charge in [0.15, 0.2) is 0 Å². The summed E-state index contributed by atoms with van der Waals surface area (Å²) in [5, 5.41) is 3.39. The molecule has 0 aromatic carbocycles. The van der Waals surface area contributed by atoms with Crippen LogP contribution >= 0.6 is 0 Å². The van der Waals surface area contributed by atoms with Crippen molar-refractivity contribution in [1.29, 1.82) is 0 Å². The number of nitrogens with zero attached hydrogens (tertiary/aromatic N) is 3. The molecule has 0 aliphatic heterocycles. The Bertz CT molecular complexity index is 580. The zero-order valence-electron chi connectivity index (χ0n) is 12.4. The smallest absolute Gasteiger partial charge is 0.135 e. The third-order valence-electron chi connectivity index (χ3n) is 3.25. The highest BCUT2D eigenvalue weighted by Gasteiger charge is 2.13. The van der Waals surface area contributed by atoms with Gasteiger partial charge in [-0.05, 0) is 25.5 Å². The maximum absolute atomic E-state index is 5.97. The molecule has 2 aromatic heterocycles. The van der Waals surface area contributed by atoms with Gasteiger partial charge in [0.05, 0.1) is 6.04 Å². The first-order valence-corrected chi connectivity index (χ1v) is 6.79. The SMILES string of the molecule is Cc1c(N)nc(C(C)C)nc1NC(C)c1cccnc1. The van der Waals surface area contributed by atoms with E-state index in [4.69, 9.17) is 5.73 Å². The molecule has 5 heteroatoms. The third-order valence-corrected chi connectivity index (χ3v) is 3.25. The zero-order chi connectivity index (χ0) is 14.7. The molecular formula is C15H21N5. The van der Waals surface area contributed by atoms with Crippen molar-refractivity contribution in [2.45, 2.75) is 39.7 Å². The lowest BCUT2D eigenvalue weighted by Crippen LogP contribution is -2.13. The molecule has 106 valence electrons. The van der Waals surface area contributed by atoms with E-state index < -0.39 is 0 Å². The molecule has 2 rings (SSSR count). The second-order valence-electron chi connectivity index (χ2n) is 5.25. The van der Waals surface area contributed by atoms with Crippen LogP contribution in [-0.4, -0.2) is 15.0 Å². The Morgan fingerprint density at radius 3 is 2.55 bits per heavy atom. The van der Waals surface area contributed by atoms with E-state index in [9.17, 15) is 0 Å². The number of rotatable bonds is 4. The fraction of sp³-hybridized carbons (Fsp3) is 0.400. The van der Waals surface area contributed by atoms with E-state index in [1.54, 1.807) is 6.20 Å². The monoisotopic (exact) mass is 271 g/mol. The van der Waals surface area contributed by atoms with Crippen molar-refractivity contribution < 1.29 is 0 Å². The molecule has 5 nitrogen and oxygen atoms in total. The van der Waals surface area contributed by atoms with Gasteiger partial charge in [-0.1, -0.05) is 19.9 Å². The molecule has 0 radical (unpaired) electrons. The van der Waals surface area contributed by atoms with Gasteiger partial charge in [-0.3, -0.25) is 4.98 Å². The zero-order valence-corrected chi connectivity index (χ0v) is 12.4. The van der Waals surface area contributed by atoms with E-state index in [-0.39, 0.29) is 12.0 Å². The Balaban J connectivity index is 2.29. The highest BCUT2D eigenvalue weighted by atomic mass is 15.1. The Morgan fingerprint density at radius 1 is 1.20 bits per heavy atom. The van der Waals surface area contributed by atoms with E-state index in [2.05, 4.69) is 41.0 Å². The molecule has 0 saturated carbocycles. The van der Waals surface area contributed by atoms with Crippen LogP contribution in [0.3, 0.4) is 0 Å². The highest BCUT2D eigenvalue weighted by Crippen LogP contribution is 2.24. The van der Waals surface area contributed by atoms with Crippen LogP contribution in [0.2, 0.25) is 0 Å². The molecule has 2 aromatic rings. The minimum absolute atomic E-state index is 0.108. The van der Waals surface area contributed by atoms with Gasteiger partial charge in [-0.25, -0.2) is 9.97 Å². The molecule has 3 N–H and O–H groups in total. The first-order valence-electron chi connectivity index (χ1n) is 6.79. The lowest BCUT2D eigenvalue weighted by molar-refractivity contribution is 0.767. The molecule has 2 heterocycles. The predicted molar refractivity (Wildman–Crippen MR) is 81.5 cm³/mol. The van der Waals surface area contributed by atoms with Gasteiger partial charge in [0.1, 0.15) is 17.5 Å². The normalized spacial score (nSPS) is 12.4. The number of nitrogen functional groups attached to an aromatic ring is 1. The quantitative estimate of drug-likeness (QED) is 0.893. The fourth-order valence-corrected chi connectivity index (χ4v) is 1.87. The second-order valence-corrected chi connectivity index (χ2v) is 5.25. The van der Waals surface area contributed by atoms with E-state index in [0.717, 1.165) is 22.8 Å². The van der Waals surface area contributed by atoms with Crippen LogP contribution in [0.15, 0.2) is 24.5 Å². The van der Waals surface area contributed by atoms with Gasteiger partial charge in [-0.15, -0.1) is 0 Å². The molecule has 0 spiro atoms. The van der Waals surface area contributed by atoms with Crippen LogP contribution in [-0.2, 0) is 0 Å². The number of pyridine rings is 1. The Morgan fingerprint density at radius 2 is 1.95 bits per heavy atom. The van der Waals surface area contributed by atoms with Crippen LogP contribution in [0.25, 0.3) is 0 Å². The van der Waals surface area contributed by atoms with E-state index >= 15 is 0 Å². The van der Waals surface area contributed by atoms with Crippen LogP contribution in [0.4, 0.5) is 11.6 Å². The van der Waals surface area contributed by atoms with Crippen molar-refractivity contribution in [1.82, 2.24) is 15.0 Å². The summed E-state index contributed by atoms with van der Waals surface area (Å²) in [6.07, 6.45) is 3.61. The summed E-state index contributed by atoms with van der Waals surface area (Å²) in [6.45, 7) is 8.11. The van der Waals surface area contributed by atoms with E-state index in [0.29, 0.717) is 5.82 Å². The number of hydrogen-bond acceptors (Lipinski definition) is 5. The number of aromatic nitrogens is 3.